The lowest BCUT2D eigenvalue weighted by atomic mass is 10.4. The van der Waals surface area contributed by atoms with E-state index in [2.05, 4.69) is 18.0 Å². The molecule has 1 nitrogen and oxygen atoms in total. The Labute approximate surface area is 56.8 Å². The van der Waals surface area contributed by atoms with Gasteiger partial charge < -0.3 is 0 Å². The fourth-order valence-electron chi connectivity index (χ4n) is 0.400. The second-order valence-electron chi connectivity index (χ2n) is 1.59. The topological polar surface area (TPSA) is 12.4 Å². The lowest BCUT2D eigenvalue weighted by molar-refractivity contribution is 1.22. The highest BCUT2D eigenvalue weighted by Gasteiger charge is 1.60. The molecule has 0 heterocycles. The summed E-state index contributed by atoms with van der Waals surface area (Å²) in [6, 6.07) is 0. The molecular formula is C8H13N. The van der Waals surface area contributed by atoms with Gasteiger partial charge in [0.15, 0.2) is 0 Å². The number of rotatable bonds is 3. The molecule has 0 amide bonds. The number of aliphatic imine (C=N–C) groups is 1. The van der Waals surface area contributed by atoms with Crippen molar-refractivity contribution in [2.45, 2.75) is 20.3 Å². The van der Waals surface area contributed by atoms with E-state index in [4.69, 9.17) is 0 Å². The Kier molecular flexibility index (Phi) is 6.47. The third kappa shape index (κ3) is 7.15. The molecule has 0 N–H and O–H groups in total. The summed E-state index contributed by atoms with van der Waals surface area (Å²) in [4.78, 5) is 3.89. The maximum absolute atomic E-state index is 3.89. The first-order valence-corrected chi connectivity index (χ1v) is 3.21. The average molecular weight is 123 g/mol. The molecule has 0 atom stereocenters. The third-order valence-corrected chi connectivity index (χ3v) is 0.804. The summed E-state index contributed by atoms with van der Waals surface area (Å²) in [5.41, 5.74) is 0. The maximum Gasteiger partial charge on any atom is 0.0263 e. The second-order valence-corrected chi connectivity index (χ2v) is 1.59. The molecule has 0 aromatic carbocycles. The van der Waals surface area contributed by atoms with E-state index in [-0.39, 0.29) is 0 Å². The zero-order chi connectivity index (χ0) is 6.95. The molecule has 0 unspecified atom stereocenters. The number of hydrogen-bond donors (Lipinski definition) is 0. The van der Waals surface area contributed by atoms with Crippen LogP contribution in [0.25, 0.3) is 0 Å². The van der Waals surface area contributed by atoms with Gasteiger partial charge in [-0.05, 0) is 19.4 Å². The fraction of sp³-hybridized carbons (Fsp3) is 0.375. The summed E-state index contributed by atoms with van der Waals surface area (Å²) in [6.45, 7) is 4.00. The van der Waals surface area contributed by atoms with E-state index in [9.17, 15) is 0 Å². The number of nitrogens with zero attached hydrogens (tertiary/aromatic N) is 1. The van der Waals surface area contributed by atoms with Crippen molar-refractivity contribution in [2.75, 3.05) is 0 Å². The van der Waals surface area contributed by atoms with Crippen LogP contribution in [-0.2, 0) is 0 Å². The maximum atomic E-state index is 3.89. The van der Waals surface area contributed by atoms with Crippen molar-refractivity contribution >= 4 is 6.21 Å². The Balaban J connectivity index is 3.35. The van der Waals surface area contributed by atoms with Crippen molar-refractivity contribution in [3.05, 3.63) is 24.4 Å². The van der Waals surface area contributed by atoms with E-state index in [1.54, 1.807) is 12.4 Å². The smallest absolute Gasteiger partial charge is 0.0263 e. The van der Waals surface area contributed by atoms with E-state index in [0.29, 0.717) is 0 Å². The van der Waals surface area contributed by atoms with E-state index in [0.717, 1.165) is 6.42 Å². The molecule has 50 valence electrons. The van der Waals surface area contributed by atoms with Crippen LogP contribution in [0.4, 0.5) is 0 Å². The van der Waals surface area contributed by atoms with Crippen LogP contribution in [0, 0.1) is 0 Å². The van der Waals surface area contributed by atoms with E-state index in [1.807, 2.05) is 19.1 Å². The van der Waals surface area contributed by atoms with Gasteiger partial charge in [0.25, 0.3) is 0 Å². The van der Waals surface area contributed by atoms with Gasteiger partial charge in [-0.2, -0.15) is 0 Å². The highest BCUT2D eigenvalue weighted by molar-refractivity contribution is 5.54. The van der Waals surface area contributed by atoms with Crippen LogP contribution in [-0.4, -0.2) is 6.21 Å². The predicted octanol–water partition coefficient (Wildman–Crippen LogP) is 2.56. The molecule has 0 aliphatic heterocycles. The third-order valence-electron chi connectivity index (χ3n) is 0.804. The molecule has 0 aromatic heterocycles. The zero-order valence-corrected chi connectivity index (χ0v) is 6.04. The zero-order valence-electron chi connectivity index (χ0n) is 6.04. The number of allylic oxidation sites excluding steroid dienone is 3. The molecule has 9 heavy (non-hydrogen) atoms. The Hall–Kier alpha value is -0.850. The molecule has 0 rings (SSSR count). The van der Waals surface area contributed by atoms with Crippen molar-refractivity contribution in [2.24, 2.45) is 4.99 Å². The highest BCUT2D eigenvalue weighted by Crippen LogP contribution is 1.81. The first-order valence-electron chi connectivity index (χ1n) is 3.21. The van der Waals surface area contributed by atoms with Gasteiger partial charge in [-0.3, -0.25) is 4.99 Å². The van der Waals surface area contributed by atoms with Crippen LogP contribution in [0.15, 0.2) is 29.4 Å². The second kappa shape index (κ2) is 7.15. The fourth-order valence-corrected chi connectivity index (χ4v) is 0.400. The first-order chi connectivity index (χ1) is 4.41. The molecular weight excluding hydrogens is 110 g/mol. The minimum absolute atomic E-state index is 1.08. The minimum atomic E-state index is 1.08. The van der Waals surface area contributed by atoms with Gasteiger partial charge in [0.2, 0.25) is 0 Å². The minimum Gasteiger partial charge on any atom is -0.269 e. The molecule has 0 aromatic rings. The average Bonchev–Trinajstić information content (AvgIpc) is 1.89. The summed E-state index contributed by atoms with van der Waals surface area (Å²) in [6.07, 6.45) is 10.6. The standard InChI is InChI=1S/C8H13N/c1-3-5-6-7-8-9-4-2/h4-8H,3H2,1-2H3/b6-5-,8-7-,9-4?. The largest absolute Gasteiger partial charge is 0.269 e. The van der Waals surface area contributed by atoms with E-state index in [1.165, 1.54) is 0 Å². The molecule has 1 heteroatoms. The van der Waals surface area contributed by atoms with Crippen molar-refractivity contribution in [3.63, 3.8) is 0 Å². The van der Waals surface area contributed by atoms with Gasteiger partial charge in [0.1, 0.15) is 0 Å². The van der Waals surface area contributed by atoms with Gasteiger partial charge in [-0.25, -0.2) is 0 Å². The van der Waals surface area contributed by atoms with Crippen LogP contribution >= 0.6 is 0 Å². The summed E-state index contributed by atoms with van der Waals surface area (Å²) >= 11 is 0. The summed E-state index contributed by atoms with van der Waals surface area (Å²) < 4.78 is 0. The first kappa shape index (κ1) is 8.15. The molecule has 0 spiro atoms. The summed E-state index contributed by atoms with van der Waals surface area (Å²) in [5.74, 6) is 0. The van der Waals surface area contributed by atoms with E-state index >= 15 is 0 Å². The van der Waals surface area contributed by atoms with Gasteiger partial charge >= 0.3 is 0 Å². The lowest BCUT2D eigenvalue weighted by Crippen LogP contribution is -1.54. The van der Waals surface area contributed by atoms with Gasteiger partial charge in [0, 0.05) is 12.4 Å². The Bertz CT molecular complexity index is 121. The van der Waals surface area contributed by atoms with Gasteiger partial charge in [-0.15, -0.1) is 0 Å². The normalized spacial score (nSPS) is 12.7. The number of hydrogen-bond acceptors (Lipinski definition) is 1. The molecule has 0 aliphatic carbocycles. The molecule has 0 radical (unpaired) electrons. The van der Waals surface area contributed by atoms with Crippen LogP contribution in [0.5, 0.6) is 0 Å². The summed E-state index contributed by atoms with van der Waals surface area (Å²) in [7, 11) is 0. The monoisotopic (exact) mass is 123 g/mol. The molecule has 0 aliphatic rings. The molecule has 0 bridgehead atoms. The van der Waals surface area contributed by atoms with Crippen molar-refractivity contribution in [3.8, 4) is 0 Å². The quantitative estimate of drug-likeness (QED) is 0.404. The molecule has 0 saturated carbocycles. The van der Waals surface area contributed by atoms with Crippen LogP contribution in [0.1, 0.15) is 20.3 Å². The van der Waals surface area contributed by atoms with E-state index < -0.39 is 0 Å². The highest BCUT2D eigenvalue weighted by atomic mass is 14.6. The van der Waals surface area contributed by atoms with Gasteiger partial charge in [0.05, 0.1) is 0 Å². The Morgan fingerprint density at radius 3 is 2.67 bits per heavy atom. The van der Waals surface area contributed by atoms with Crippen LogP contribution in [0.3, 0.4) is 0 Å². The summed E-state index contributed by atoms with van der Waals surface area (Å²) in [5, 5.41) is 0. The van der Waals surface area contributed by atoms with Crippen molar-refractivity contribution in [1.29, 1.82) is 0 Å². The van der Waals surface area contributed by atoms with Crippen molar-refractivity contribution in [1.82, 2.24) is 0 Å². The van der Waals surface area contributed by atoms with Crippen LogP contribution < -0.4 is 0 Å². The SMILES string of the molecule is CC=N/C=C\C=C/CC. The van der Waals surface area contributed by atoms with Gasteiger partial charge in [-0.1, -0.05) is 19.1 Å². The lowest BCUT2D eigenvalue weighted by Gasteiger charge is -1.73. The Morgan fingerprint density at radius 1 is 1.33 bits per heavy atom. The molecule has 0 saturated heterocycles. The predicted molar refractivity (Wildman–Crippen MR) is 42.7 cm³/mol. The van der Waals surface area contributed by atoms with Crippen LogP contribution in [0.2, 0.25) is 0 Å². The Morgan fingerprint density at radius 2 is 2.11 bits per heavy atom. The molecule has 0 fully saturated rings. The van der Waals surface area contributed by atoms with Crippen molar-refractivity contribution < 1.29 is 0 Å².